The van der Waals surface area contributed by atoms with E-state index in [1.165, 1.54) is 51.4 Å². The second-order valence-electron chi connectivity index (χ2n) is 12.8. The van der Waals surface area contributed by atoms with Gasteiger partial charge in [-0.05, 0) is 130 Å². The van der Waals surface area contributed by atoms with Gasteiger partial charge in [0.15, 0.2) is 0 Å². The molecule has 194 valence electrons. The van der Waals surface area contributed by atoms with Gasteiger partial charge in [0.1, 0.15) is 0 Å². The highest BCUT2D eigenvalue weighted by Gasteiger charge is 2.59. The van der Waals surface area contributed by atoms with E-state index in [4.69, 9.17) is 5.11 Å². The van der Waals surface area contributed by atoms with Gasteiger partial charge >= 0.3 is 5.97 Å². The molecular formula is C29H49NO3S. The zero-order chi connectivity index (χ0) is 24.3. The SMILES string of the molecule is CC12CCC3C(CCC4CC(NC(=O)CCCCCS)CCC43C)C1CCC2CCCC(=O)O. The minimum Gasteiger partial charge on any atom is -0.481 e. The number of carboxylic acid groups (broad SMARTS) is 1. The van der Waals surface area contributed by atoms with Crippen LogP contribution in [0.3, 0.4) is 0 Å². The van der Waals surface area contributed by atoms with Gasteiger partial charge in [0.2, 0.25) is 5.91 Å². The molecule has 4 aliphatic rings. The van der Waals surface area contributed by atoms with E-state index >= 15 is 0 Å². The molecule has 0 aromatic rings. The number of amides is 1. The number of carbonyl (C=O) groups is 2. The number of hydrogen-bond acceptors (Lipinski definition) is 3. The number of hydrogen-bond donors (Lipinski definition) is 3. The number of rotatable bonds is 10. The fraction of sp³-hybridized carbons (Fsp3) is 0.931. The highest BCUT2D eigenvalue weighted by molar-refractivity contribution is 7.80. The van der Waals surface area contributed by atoms with Crippen LogP contribution in [0.5, 0.6) is 0 Å². The molecule has 0 bridgehead atoms. The minimum absolute atomic E-state index is 0.259. The molecule has 1 amide bonds. The largest absolute Gasteiger partial charge is 0.481 e. The van der Waals surface area contributed by atoms with Gasteiger partial charge < -0.3 is 10.4 Å². The second kappa shape index (κ2) is 11.1. The number of unbranched alkanes of at least 4 members (excludes halogenated alkanes) is 2. The molecule has 4 fully saturated rings. The molecule has 34 heavy (non-hydrogen) atoms. The van der Waals surface area contributed by atoms with Gasteiger partial charge in [0.25, 0.3) is 0 Å². The Morgan fingerprint density at radius 2 is 1.65 bits per heavy atom. The first-order valence-electron chi connectivity index (χ1n) is 14.4. The predicted octanol–water partition coefficient (Wildman–Crippen LogP) is 6.88. The number of thiol groups is 1. The number of carbonyl (C=O) groups excluding carboxylic acids is 1. The molecule has 4 rings (SSSR count). The fourth-order valence-electron chi connectivity index (χ4n) is 9.35. The van der Waals surface area contributed by atoms with E-state index in [9.17, 15) is 9.59 Å². The highest BCUT2D eigenvalue weighted by Crippen LogP contribution is 2.67. The van der Waals surface area contributed by atoms with Crippen molar-refractivity contribution in [3.8, 4) is 0 Å². The van der Waals surface area contributed by atoms with Gasteiger partial charge in [-0.2, -0.15) is 12.6 Å². The Balaban J connectivity index is 1.33. The third-order valence-corrected chi connectivity index (χ3v) is 11.5. The van der Waals surface area contributed by atoms with Gasteiger partial charge in [-0.25, -0.2) is 0 Å². The van der Waals surface area contributed by atoms with Gasteiger partial charge in [0, 0.05) is 18.9 Å². The quantitative estimate of drug-likeness (QED) is 0.231. The molecule has 0 saturated heterocycles. The van der Waals surface area contributed by atoms with Crippen molar-refractivity contribution in [1.82, 2.24) is 5.32 Å². The Kier molecular flexibility index (Phi) is 8.63. The summed E-state index contributed by atoms with van der Waals surface area (Å²) < 4.78 is 0. The molecule has 4 saturated carbocycles. The molecule has 0 aromatic heterocycles. The summed E-state index contributed by atoms with van der Waals surface area (Å²) in [5.41, 5.74) is 0.875. The van der Waals surface area contributed by atoms with Gasteiger partial charge in [-0.15, -0.1) is 0 Å². The van der Waals surface area contributed by atoms with Crippen molar-refractivity contribution in [2.24, 2.45) is 40.4 Å². The summed E-state index contributed by atoms with van der Waals surface area (Å²) in [4.78, 5) is 23.5. The monoisotopic (exact) mass is 491 g/mol. The average Bonchev–Trinajstić information content (AvgIpc) is 3.13. The first kappa shape index (κ1) is 26.4. The van der Waals surface area contributed by atoms with Crippen molar-refractivity contribution in [2.45, 2.75) is 123 Å². The molecule has 0 aliphatic heterocycles. The Labute approximate surface area is 213 Å². The van der Waals surface area contributed by atoms with Gasteiger partial charge in [-0.1, -0.05) is 20.3 Å². The Morgan fingerprint density at radius 3 is 2.41 bits per heavy atom. The zero-order valence-electron chi connectivity index (χ0n) is 21.7. The van der Waals surface area contributed by atoms with Crippen molar-refractivity contribution in [3.63, 3.8) is 0 Å². The van der Waals surface area contributed by atoms with Crippen LogP contribution in [0.1, 0.15) is 117 Å². The summed E-state index contributed by atoms with van der Waals surface area (Å²) in [7, 11) is 0. The number of fused-ring (bicyclic) bond motifs is 5. The summed E-state index contributed by atoms with van der Waals surface area (Å²) in [6, 6.07) is 0.381. The van der Waals surface area contributed by atoms with Crippen LogP contribution in [0.15, 0.2) is 0 Å². The summed E-state index contributed by atoms with van der Waals surface area (Å²) in [5, 5.41) is 12.5. The molecule has 8 unspecified atom stereocenters. The molecular weight excluding hydrogens is 442 g/mol. The van der Waals surface area contributed by atoms with Crippen molar-refractivity contribution >= 4 is 24.5 Å². The molecule has 8 atom stereocenters. The number of nitrogens with one attached hydrogen (secondary N) is 1. The topological polar surface area (TPSA) is 66.4 Å². The lowest BCUT2D eigenvalue weighted by Gasteiger charge is -2.61. The first-order valence-corrected chi connectivity index (χ1v) is 15.0. The normalized spacial score (nSPS) is 41.3. The zero-order valence-corrected chi connectivity index (χ0v) is 22.6. The van der Waals surface area contributed by atoms with Crippen LogP contribution in [0.2, 0.25) is 0 Å². The maximum Gasteiger partial charge on any atom is 0.303 e. The van der Waals surface area contributed by atoms with E-state index in [1.54, 1.807) is 0 Å². The molecule has 2 N–H and O–H groups in total. The van der Waals surface area contributed by atoms with Crippen LogP contribution in [-0.2, 0) is 9.59 Å². The number of aliphatic carboxylic acids is 1. The third-order valence-electron chi connectivity index (χ3n) is 11.2. The lowest BCUT2D eigenvalue weighted by molar-refractivity contribution is -0.137. The molecule has 0 radical (unpaired) electrons. The molecule has 0 heterocycles. The highest BCUT2D eigenvalue weighted by atomic mass is 32.1. The maximum absolute atomic E-state index is 12.5. The van der Waals surface area contributed by atoms with E-state index in [1.807, 2.05) is 0 Å². The van der Waals surface area contributed by atoms with E-state index in [2.05, 4.69) is 31.8 Å². The van der Waals surface area contributed by atoms with Crippen molar-refractivity contribution < 1.29 is 14.7 Å². The summed E-state index contributed by atoms with van der Waals surface area (Å²) >= 11 is 4.26. The van der Waals surface area contributed by atoms with E-state index in [0.717, 1.165) is 73.9 Å². The Hall–Kier alpha value is -0.710. The second-order valence-corrected chi connectivity index (χ2v) is 13.3. The predicted molar refractivity (Wildman–Crippen MR) is 141 cm³/mol. The van der Waals surface area contributed by atoms with E-state index in [-0.39, 0.29) is 5.91 Å². The molecule has 0 aromatic carbocycles. The lowest BCUT2D eigenvalue weighted by Crippen LogP contribution is -2.55. The van der Waals surface area contributed by atoms with Crippen LogP contribution < -0.4 is 5.32 Å². The molecule has 4 aliphatic carbocycles. The molecule has 4 nitrogen and oxygen atoms in total. The average molecular weight is 492 g/mol. The van der Waals surface area contributed by atoms with E-state index < -0.39 is 5.97 Å². The summed E-state index contributed by atoms with van der Waals surface area (Å²) in [5.74, 6) is 4.56. The smallest absolute Gasteiger partial charge is 0.303 e. The number of carboxylic acids is 1. The van der Waals surface area contributed by atoms with Crippen molar-refractivity contribution in [3.05, 3.63) is 0 Å². The first-order chi connectivity index (χ1) is 16.3. The molecule has 5 heteroatoms. The summed E-state index contributed by atoms with van der Waals surface area (Å²) in [6.07, 6.45) is 17.8. The van der Waals surface area contributed by atoms with Crippen LogP contribution in [0.25, 0.3) is 0 Å². The molecule has 0 spiro atoms. The van der Waals surface area contributed by atoms with Crippen LogP contribution in [0.4, 0.5) is 0 Å². The van der Waals surface area contributed by atoms with Gasteiger partial charge in [-0.3, -0.25) is 9.59 Å². The van der Waals surface area contributed by atoms with Crippen LogP contribution in [0, 0.1) is 40.4 Å². The van der Waals surface area contributed by atoms with Gasteiger partial charge in [0.05, 0.1) is 0 Å². The standard InChI is InChI=1S/C29H49NO3S/c1-28-17-15-25-23(24(28)13-11-20(28)7-6-9-27(32)33)12-10-21-19-22(14-16-29(21,25)2)30-26(31)8-4-3-5-18-34/h20-25,34H,3-19H2,1-2H3,(H,30,31)(H,32,33). The lowest BCUT2D eigenvalue weighted by atomic mass is 9.44. The maximum atomic E-state index is 12.5. The minimum atomic E-state index is -0.644. The fourth-order valence-corrected chi connectivity index (χ4v) is 9.57. The van der Waals surface area contributed by atoms with Crippen molar-refractivity contribution in [1.29, 1.82) is 0 Å². The third kappa shape index (κ3) is 5.34. The Bertz CT molecular complexity index is 728. The van der Waals surface area contributed by atoms with Crippen molar-refractivity contribution in [2.75, 3.05) is 5.75 Å². The summed E-state index contributed by atoms with van der Waals surface area (Å²) in [6.45, 7) is 5.16. The Morgan fingerprint density at radius 1 is 0.882 bits per heavy atom. The van der Waals surface area contributed by atoms with Crippen LogP contribution in [-0.4, -0.2) is 28.8 Å². The van der Waals surface area contributed by atoms with Crippen LogP contribution >= 0.6 is 12.6 Å². The van der Waals surface area contributed by atoms with E-state index in [0.29, 0.717) is 29.7 Å².